The predicted octanol–water partition coefficient (Wildman–Crippen LogP) is 0.381. The standard InChI is InChI=1S/C26H40N4O8/c1-3-26(36)30(20(2)32)14-10-24(34)28-13-17-38-19-18-37-16-11-25(35)29-22-7-4-21(5-8-22)6-9-23(33)27-12-15-31/h4-5,7-8,31H,3,6,9-19H2,1-2H3,(H,27,33)(H,28,34)(H,29,35). The van der Waals surface area contributed by atoms with E-state index in [1.165, 1.54) is 6.92 Å². The van der Waals surface area contributed by atoms with Crippen LogP contribution in [0.3, 0.4) is 0 Å². The van der Waals surface area contributed by atoms with Gasteiger partial charge in [0.2, 0.25) is 29.5 Å². The summed E-state index contributed by atoms with van der Waals surface area (Å²) in [6.45, 7) is 4.57. The molecule has 5 amide bonds. The van der Waals surface area contributed by atoms with Gasteiger partial charge in [-0.1, -0.05) is 19.1 Å². The van der Waals surface area contributed by atoms with E-state index in [0.29, 0.717) is 38.3 Å². The van der Waals surface area contributed by atoms with E-state index in [2.05, 4.69) is 16.0 Å². The largest absolute Gasteiger partial charge is 0.395 e. The number of nitrogens with one attached hydrogen (secondary N) is 3. The second kappa shape index (κ2) is 19.7. The first-order chi connectivity index (χ1) is 18.3. The van der Waals surface area contributed by atoms with E-state index in [-0.39, 0.29) is 81.7 Å². The number of aliphatic hydroxyl groups excluding tert-OH is 1. The molecule has 0 spiro atoms. The van der Waals surface area contributed by atoms with Gasteiger partial charge in [-0.25, -0.2) is 0 Å². The van der Waals surface area contributed by atoms with Gasteiger partial charge < -0.3 is 30.5 Å². The first-order valence-electron chi connectivity index (χ1n) is 12.8. The quantitative estimate of drug-likeness (QED) is 0.184. The van der Waals surface area contributed by atoms with Crippen LogP contribution in [0.5, 0.6) is 0 Å². The number of amides is 5. The molecule has 1 aromatic rings. The Morgan fingerprint density at radius 2 is 1.45 bits per heavy atom. The minimum absolute atomic E-state index is 0.0332. The van der Waals surface area contributed by atoms with Crippen molar-refractivity contribution < 1.29 is 38.6 Å². The number of ether oxygens (including phenoxy) is 2. The van der Waals surface area contributed by atoms with E-state index in [1.807, 2.05) is 12.1 Å². The number of imide groups is 1. The highest BCUT2D eigenvalue weighted by Crippen LogP contribution is 2.11. The fourth-order valence-electron chi connectivity index (χ4n) is 3.22. The minimum atomic E-state index is -0.380. The molecule has 12 heteroatoms. The molecule has 0 aliphatic rings. The number of aryl methyl sites for hydroxylation is 1. The molecular formula is C26H40N4O8. The van der Waals surface area contributed by atoms with Crippen LogP contribution in [0, 0.1) is 0 Å². The zero-order valence-corrected chi connectivity index (χ0v) is 22.3. The second-order valence-corrected chi connectivity index (χ2v) is 8.31. The van der Waals surface area contributed by atoms with Gasteiger partial charge in [-0.15, -0.1) is 0 Å². The number of carbonyl (C=O) groups is 5. The Kier molecular flexibility index (Phi) is 17.0. The normalized spacial score (nSPS) is 10.5. The number of benzene rings is 1. The maximum atomic E-state index is 12.1. The molecule has 0 unspecified atom stereocenters. The summed E-state index contributed by atoms with van der Waals surface area (Å²) in [7, 11) is 0. The Hall–Kier alpha value is -3.35. The Morgan fingerprint density at radius 1 is 0.816 bits per heavy atom. The number of rotatable bonds is 19. The van der Waals surface area contributed by atoms with Gasteiger partial charge in [-0.2, -0.15) is 0 Å². The first-order valence-corrected chi connectivity index (χ1v) is 12.8. The predicted molar refractivity (Wildman–Crippen MR) is 140 cm³/mol. The Morgan fingerprint density at radius 3 is 2.08 bits per heavy atom. The zero-order valence-electron chi connectivity index (χ0n) is 22.3. The number of hydrogen-bond acceptors (Lipinski definition) is 8. The van der Waals surface area contributed by atoms with Crippen LogP contribution in [0.4, 0.5) is 5.69 Å². The van der Waals surface area contributed by atoms with Crippen LogP contribution < -0.4 is 16.0 Å². The van der Waals surface area contributed by atoms with Gasteiger partial charge in [0.1, 0.15) is 0 Å². The SMILES string of the molecule is CCC(=O)N(CCC(=O)NCCOCCOCCC(=O)Nc1ccc(CCC(=O)NCCO)cc1)C(C)=O. The summed E-state index contributed by atoms with van der Waals surface area (Å²) in [6, 6.07) is 7.24. The fraction of sp³-hybridized carbons (Fsp3) is 0.577. The van der Waals surface area contributed by atoms with Crippen molar-refractivity contribution in [3.8, 4) is 0 Å². The Bertz CT molecular complexity index is 892. The van der Waals surface area contributed by atoms with Crippen molar-refractivity contribution in [2.24, 2.45) is 0 Å². The molecule has 4 N–H and O–H groups in total. The summed E-state index contributed by atoms with van der Waals surface area (Å²) in [5.41, 5.74) is 1.62. The lowest BCUT2D eigenvalue weighted by Gasteiger charge is -2.18. The number of aliphatic hydroxyl groups is 1. The van der Waals surface area contributed by atoms with Gasteiger partial charge >= 0.3 is 0 Å². The lowest BCUT2D eigenvalue weighted by atomic mass is 10.1. The van der Waals surface area contributed by atoms with Crippen LogP contribution in [-0.2, 0) is 39.9 Å². The summed E-state index contributed by atoms with van der Waals surface area (Å²) in [6.07, 6.45) is 1.30. The number of nitrogens with zero attached hydrogens (tertiary/aromatic N) is 1. The van der Waals surface area contributed by atoms with E-state index < -0.39 is 0 Å². The van der Waals surface area contributed by atoms with E-state index in [4.69, 9.17) is 14.6 Å². The van der Waals surface area contributed by atoms with E-state index >= 15 is 0 Å². The number of hydrogen-bond donors (Lipinski definition) is 4. The molecular weight excluding hydrogens is 496 g/mol. The molecule has 0 fully saturated rings. The first kappa shape index (κ1) is 32.7. The van der Waals surface area contributed by atoms with Crippen molar-refractivity contribution in [1.29, 1.82) is 0 Å². The fourth-order valence-corrected chi connectivity index (χ4v) is 3.22. The third kappa shape index (κ3) is 15.0. The molecule has 38 heavy (non-hydrogen) atoms. The number of carbonyl (C=O) groups excluding carboxylic acids is 5. The van der Waals surface area contributed by atoms with Gasteiger partial charge in [0.15, 0.2) is 0 Å². The smallest absolute Gasteiger partial charge is 0.228 e. The molecule has 0 saturated heterocycles. The lowest BCUT2D eigenvalue weighted by molar-refractivity contribution is -0.143. The van der Waals surface area contributed by atoms with Crippen molar-refractivity contribution in [1.82, 2.24) is 15.5 Å². The molecule has 0 radical (unpaired) electrons. The molecule has 0 aromatic heterocycles. The molecule has 0 aliphatic heterocycles. The third-order valence-corrected chi connectivity index (χ3v) is 5.27. The van der Waals surface area contributed by atoms with Gasteiger partial charge in [-0.3, -0.25) is 28.9 Å². The molecule has 0 atom stereocenters. The van der Waals surface area contributed by atoms with Crippen molar-refractivity contribution >= 4 is 35.2 Å². The molecule has 1 aromatic carbocycles. The zero-order chi connectivity index (χ0) is 28.2. The van der Waals surface area contributed by atoms with Crippen molar-refractivity contribution in [2.75, 3.05) is 58.0 Å². The van der Waals surface area contributed by atoms with Crippen LogP contribution >= 0.6 is 0 Å². The highest BCUT2D eigenvalue weighted by atomic mass is 16.5. The summed E-state index contributed by atoms with van der Waals surface area (Å²) in [5.74, 6) is -1.27. The van der Waals surface area contributed by atoms with Crippen LogP contribution in [-0.4, -0.2) is 92.2 Å². The van der Waals surface area contributed by atoms with Gasteiger partial charge in [0.25, 0.3) is 0 Å². The number of anilines is 1. The van der Waals surface area contributed by atoms with E-state index in [1.54, 1.807) is 19.1 Å². The highest BCUT2D eigenvalue weighted by molar-refractivity contribution is 5.94. The minimum Gasteiger partial charge on any atom is -0.395 e. The summed E-state index contributed by atoms with van der Waals surface area (Å²) in [4.78, 5) is 59.7. The van der Waals surface area contributed by atoms with Crippen molar-refractivity contribution in [3.05, 3.63) is 29.8 Å². The van der Waals surface area contributed by atoms with Crippen LogP contribution in [0.1, 0.15) is 45.1 Å². The molecule has 0 saturated carbocycles. The average Bonchev–Trinajstić information content (AvgIpc) is 2.90. The maximum Gasteiger partial charge on any atom is 0.228 e. The lowest BCUT2D eigenvalue weighted by Crippen LogP contribution is -2.38. The molecule has 0 bridgehead atoms. The second-order valence-electron chi connectivity index (χ2n) is 8.31. The third-order valence-electron chi connectivity index (χ3n) is 5.27. The summed E-state index contributed by atoms with van der Waals surface area (Å²) >= 11 is 0. The Labute approximate surface area is 223 Å². The molecule has 212 valence electrons. The molecule has 0 aliphatic carbocycles. The van der Waals surface area contributed by atoms with E-state index in [0.717, 1.165) is 10.5 Å². The van der Waals surface area contributed by atoms with E-state index in [9.17, 15) is 24.0 Å². The summed E-state index contributed by atoms with van der Waals surface area (Å²) in [5, 5.41) is 16.8. The Balaban J connectivity index is 2.07. The average molecular weight is 537 g/mol. The topological polar surface area (TPSA) is 163 Å². The van der Waals surface area contributed by atoms with Gasteiger partial charge in [-0.05, 0) is 24.1 Å². The summed E-state index contributed by atoms with van der Waals surface area (Å²) < 4.78 is 10.8. The highest BCUT2D eigenvalue weighted by Gasteiger charge is 2.17. The molecule has 1 rings (SSSR count). The monoisotopic (exact) mass is 536 g/mol. The van der Waals surface area contributed by atoms with Crippen molar-refractivity contribution in [2.45, 2.75) is 46.0 Å². The van der Waals surface area contributed by atoms with Gasteiger partial charge in [0, 0.05) is 51.5 Å². The maximum absolute atomic E-state index is 12.1. The van der Waals surface area contributed by atoms with Gasteiger partial charge in [0.05, 0.1) is 39.5 Å². The molecule has 0 heterocycles. The van der Waals surface area contributed by atoms with Crippen LogP contribution in [0.2, 0.25) is 0 Å². The molecule has 12 nitrogen and oxygen atoms in total. The van der Waals surface area contributed by atoms with Crippen molar-refractivity contribution in [3.63, 3.8) is 0 Å². The van der Waals surface area contributed by atoms with Crippen LogP contribution in [0.15, 0.2) is 24.3 Å². The van der Waals surface area contributed by atoms with Crippen LogP contribution in [0.25, 0.3) is 0 Å².